The molecule has 5 nitrogen and oxygen atoms in total. The topological polar surface area (TPSA) is 56.8 Å². The molecule has 0 aliphatic heterocycles. The normalized spacial score (nSPS) is 10.7. The number of carbonyl (C=O) groups is 1. The molecule has 0 unspecified atom stereocenters. The lowest BCUT2D eigenvalue weighted by Crippen LogP contribution is -2.25. The Bertz CT molecular complexity index is 803. The van der Waals surface area contributed by atoms with Crippen LogP contribution in [-0.4, -0.2) is 33.3 Å². The summed E-state index contributed by atoms with van der Waals surface area (Å²) in [5, 5.41) is 3.61. The molecule has 0 aliphatic carbocycles. The Balaban J connectivity index is 1.83. The molecule has 0 radical (unpaired) electrons. The van der Waals surface area contributed by atoms with Crippen LogP contribution in [0.2, 0.25) is 5.02 Å². The Labute approximate surface area is 171 Å². The van der Waals surface area contributed by atoms with E-state index in [-0.39, 0.29) is 5.91 Å². The van der Waals surface area contributed by atoms with Gasteiger partial charge in [0.1, 0.15) is 5.75 Å². The average molecular weight is 404 g/mol. The van der Waals surface area contributed by atoms with Gasteiger partial charge in [-0.15, -0.1) is 0 Å². The third-order valence-electron chi connectivity index (χ3n) is 4.06. The quantitative estimate of drug-likeness (QED) is 0.568. The summed E-state index contributed by atoms with van der Waals surface area (Å²) in [7, 11) is 3.14. The van der Waals surface area contributed by atoms with Gasteiger partial charge in [-0.3, -0.25) is 4.79 Å². The van der Waals surface area contributed by atoms with Crippen molar-refractivity contribution in [3.8, 4) is 17.2 Å². The number of halogens is 1. The highest BCUT2D eigenvalue weighted by atomic mass is 35.5. The van der Waals surface area contributed by atoms with E-state index in [2.05, 4.69) is 5.32 Å². The second-order valence-electron chi connectivity index (χ2n) is 6.07. The second kappa shape index (κ2) is 11.2. The molecular weight excluding hydrogens is 378 g/mol. The van der Waals surface area contributed by atoms with Crippen molar-refractivity contribution in [3.63, 3.8) is 0 Å². The number of ether oxygens (including phenoxy) is 3. The summed E-state index contributed by atoms with van der Waals surface area (Å²) < 4.78 is 16.4. The van der Waals surface area contributed by atoms with Gasteiger partial charge < -0.3 is 19.5 Å². The van der Waals surface area contributed by atoms with Crippen LogP contribution in [0.15, 0.2) is 42.5 Å². The molecule has 0 atom stereocenters. The zero-order chi connectivity index (χ0) is 20.4. The van der Waals surface area contributed by atoms with E-state index in [9.17, 15) is 4.79 Å². The van der Waals surface area contributed by atoms with Crippen LogP contribution in [0.5, 0.6) is 17.2 Å². The Hall–Kier alpha value is -2.66. The van der Waals surface area contributed by atoms with Gasteiger partial charge in [-0.05, 0) is 56.2 Å². The molecule has 2 aromatic rings. The van der Waals surface area contributed by atoms with E-state index >= 15 is 0 Å². The first-order chi connectivity index (χ1) is 13.6. The summed E-state index contributed by atoms with van der Waals surface area (Å²) in [6.07, 6.45) is 5.42. The van der Waals surface area contributed by atoms with E-state index in [4.69, 9.17) is 25.8 Å². The first kappa shape index (κ1) is 21.6. The second-order valence-corrected chi connectivity index (χ2v) is 6.50. The monoisotopic (exact) mass is 403 g/mol. The van der Waals surface area contributed by atoms with Gasteiger partial charge in [0.15, 0.2) is 11.5 Å². The number of rotatable bonds is 10. The van der Waals surface area contributed by atoms with Gasteiger partial charge >= 0.3 is 0 Å². The summed E-state index contributed by atoms with van der Waals surface area (Å²) in [4.78, 5) is 12.5. The molecule has 0 saturated heterocycles. The van der Waals surface area contributed by atoms with Crippen LogP contribution in [0.25, 0.3) is 6.08 Å². The fourth-order valence-electron chi connectivity index (χ4n) is 2.68. The molecule has 2 rings (SSSR count). The van der Waals surface area contributed by atoms with E-state index < -0.39 is 0 Å². The van der Waals surface area contributed by atoms with Crippen LogP contribution in [0, 0.1) is 0 Å². The van der Waals surface area contributed by atoms with Crippen molar-refractivity contribution in [2.75, 3.05) is 27.4 Å². The lowest BCUT2D eigenvalue weighted by Gasteiger charge is -2.13. The third kappa shape index (κ3) is 6.20. The van der Waals surface area contributed by atoms with Crippen molar-refractivity contribution in [2.45, 2.75) is 19.8 Å². The van der Waals surface area contributed by atoms with Crippen LogP contribution in [0.1, 0.15) is 35.7 Å². The molecular formula is C22H26ClNO4. The first-order valence-electron chi connectivity index (χ1n) is 9.14. The third-order valence-corrected chi connectivity index (χ3v) is 4.31. The van der Waals surface area contributed by atoms with Crippen molar-refractivity contribution in [1.29, 1.82) is 0 Å². The zero-order valence-corrected chi connectivity index (χ0v) is 17.2. The maximum absolute atomic E-state index is 12.5. The minimum Gasteiger partial charge on any atom is -0.494 e. The number of amides is 1. The number of hydrogen-bond acceptors (Lipinski definition) is 4. The fraction of sp³-hybridized carbons (Fsp3) is 0.318. The molecule has 0 spiro atoms. The Morgan fingerprint density at radius 1 is 1.11 bits per heavy atom. The molecule has 150 valence electrons. The number of nitrogens with one attached hydrogen (secondary N) is 1. The highest BCUT2D eigenvalue weighted by Crippen LogP contribution is 2.33. The Morgan fingerprint density at radius 3 is 2.50 bits per heavy atom. The summed E-state index contributed by atoms with van der Waals surface area (Å²) >= 11 is 5.84. The lowest BCUT2D eigenvalue weighted by atomic mass is 10.1. The van der Waals surface area contributed by atoms with Crippen LogP contribution < -0.4 is 19.5 Å². The van der Waals surface area contributed by atoms with Gasteiger partial charge in [0.25, 0.3) is 5.91 Å². The summed E-state index contributed by atoms with van der Waals surface area (Å²) in [6.45, 7) is 3.06. The van der Waals surface area contributed by atoms with Crippen LogP contribution in [-0.2, 0) is 0 Å². The van der Waals surface area contributed by atoms with Crippen molar-refractivity contribution in [1.82, 2.24) is 5.32 Å². The van der Waals surface area contributed by atoms with Gasteiger partial charge in [-0.2, -0.15) is 0 Å². The average Bonchev–Trinajstić information content (AvgIpc) is 2.71. The number of unbranched alkanes of at least 4 members (excludes halogenated alkanes) is 1. The largest absolute Gasteiger partial charge is 0.494 e. The molecule has 0 aliphatic rings. The molecule has 1 N–H and O–H groups in total. The van der Waals surface area contributed by atoms with E-state index in [1.807, 2.05) is 31.2 Å². The molecule has 0 fully saturated rings. The van der Waals surface area contributed by atoms with E-state index in [1.54, 1.807) is 38.5 Å². The van der Waals surface area contributed by atoms with Crippen molar-refractivity contribution in [3.05, 3.63) is 58.6 Å². The molecule has 1 amide bonds. The minimum atomic E-state index is -0.148. The first-order valence-corrected chi connectivity index (χ1v) is 9.52. The maximum Gasteiger partial charge on any atom is 0.251 e. The van der Waals surface area contributed by atoms with Crippen molar-refractivity contribution < 1.29 is 19.0 Å². The number of benzene rings is 2. The predicted molar refractivity (Wildman–Crippen MR) is 113 cm³/mol. The van der Waals surface area contributed by atoms with E-state index in [0.29, 0.717) is 35.2 Å². The van der Waals surface area contributed by atoms with Gasteiger partial charge in [-0.1, -0.05) is 23.8 Å². The van der Waals surface area contributed by atoms with E-state index in [0.717, 1.165) is 24.2 Å². The summed E-state index contributed by atoms with van der Waals surface area (Å²) in [5.74, 6) is 1.77. The van der Waals surface area contributed by atoms with E-state index in [1.165, 1.54) is 0 Å². The summed E-state index contributed by atoms with van der Waals surface area (Å²) in [6, 6.07) is 10.7. The SMILES string of the molecule is C/C=C/c1cc(C(=O)NCCCCOc2ccc(Cl)cc2)cc(OC)c1OC. The predicted octanol–water partition coefficient (Wildman–Crippen LogP) is 4.98. The van der Waals surface area contributed by atoms with Crippen LogP contribution in [0.3, 0.4) is 0 Å². The molecule has 0 bridgehead atoms. The van der Waals surface area contributed by atoms with Gasteiger partial charge in [0.05, 0.1) is 20.8 Å². The van der Waals surface area contributed by atoms with Gasteiger partial charge in [0.2, 0.25) is 0 Å². The smallest absolute Gasteiger partial charge is 0.251 e. The van der Waals surface area contributed by atoms with Gasteiger partial charge in [-0.25, -0.2) is 0 Å². The number of hydrogen-bond donors (Lipinski definition) is 1. The molecule has 0 heterocycles. The summed E-state index contributed by atoms with van der Waals surface area (Å²) in [5.41, 5.74) is 1.33. The zero-order valence-electron chi connectivity index (χ0n) is 16.5. The van der Waals surface area contributed by atoms with Gasteiger partial charge in [0, 0.05) is 22.7 Å². The fourth-order valence-corrected chi connectivity index (χ4v) is 2.81. The molecule has 0 saturated carbocycles. The van der Waals surface area contributed by atoms with Crippen LogP contribution in [0.4, 0.5) is 0 Å². The minimum absolute atomic E-state index is 0.148. The standard InChI is InChI=1S/C22H26ClNO4/c1-4-7-16-14-17(15-20(26-2)21(16)27-3)22(25)24-12-5-6-13-28-19-10-8-18(23)9-11-19/h4,7-11,14-15H,5-6,12-13H2,1-3H3,(H,24,25)/b7-4+. The maximum atomic E-state index is 12.5. The molecule has 2 aromatic carbocycles. The van der Waals surface area contributed by atoms with Crippen molar-refractivity contribution in [2.24, 2.45) is 0 Å². The lowest BCUT2D eigenvalue weighted by molar-refractivity contribution is 0.0952. The molecule has 6 heteroatoms. The highest BCUT2D eigenvalue weighted by Gasteiger charge is 2.14. The number of methoxy groups -OCH3 is 2. The molecule has 0 aromatic heterocycles. The van der Waals surface area contributed by atoms with Crippen LogP contribution >= 0.6 is 11.6 Å². The van der Waals surface area contributed by atoms with Crippen molar-refractivity contribution >= 4 is 23.6 Å². The highest BCUT2D eigenvalue weighted by molar-refractivity contribution is 6.30. The molecule has 28 heavy (non-hydrogen) atoms. The number of carbonyl (C=O) groups excluding carboxylic acids is 1. The Morgan fingerprint density at radius 2 is 1.86 bits per heavy atom. The Kier molecular flexibility index (Phi) is 8.69. The number of allylic oxidation sites excluding steroid dienone is 1.